The molecule has 0 aromatic carbocycles. The molecular weight excluding hydrogens is 230 g/mol. The van der Waals surface area contributed by atoms with E-state index in [1.165, 1.54) is 5.69 Å². The van der Waals surface area contributed by atoms with Crippen LogP contribution in [0.3, 0.4) is 0 Å². The molecule has 0 spiro atoms. The Morgan fingerprint density at radius 2 is 2.17 bits per heavy atom. The smallest absolute Gasteiger partial charge is 0.306 e. The van der Waals surface area contributed by atoms with E-state index in [-0.39, 0.29) is 5.92 Å². The van der Waals surface area contributed by atoms with Crippen LogP contribution in [0.5, 0.6) is 0 Å². The van der Waals surface area contributed by atoms with Crippen molar-refractivity contribution >= 4 is 5.97 Å². The molecule has 2 rings (SSSR count). The van der Waals surface area contributed by atoms with E-state index in [0.717, 1.165) is 32.5 Å². The van der Waals surface area contributed by atoms with Crippen LogP contribution in [0.15, 0.2) is 12.5 Å². The van der Waals surface area contributed by atoms with Crippen LogP contribution in [-0.4, -0.2) is 38.6 Å². The van der Waals surface area contributed by atoms with Gasteiger partial charge in [-0.2, -0.15) is 0 Å². The Bertz CT molecular complexity index is 406. The van der Waals surface area contributed by atoms with E-state index >= 15 is 0 Å². The maximum Gasteiger partial charge on any atom is 0.306 e. The molecular formula is C13H21N3O2. The second kappa shape index (κ2) is 5.52. The SMILES string of the molecule is CC(C)n1cncc1CN1CCC(C(=O)O)CC1. The van der Waals surface area contributed by atoms with E-state index in [2.05, 4.69) is 28.3 Å². The van der Waals surface area contributed by atoms with E-state index < -0.39 is 5.97 Å². The van der Waals surface area contributed by atoms with Gasteiger partial charge in [-0.05, 0) is 39.8 Å². The topological polar surface area (TPSA) is 58.4 Å². The van der Waals surface area contributed by atoms with Crippen molar-refractivity contribution in [2.45, 2.75) is 39.3 Å². The minimum atomic E-state index is -0.651. The molecule has 0 bridgehead atoms. The van der Waals surface area contributed by atoms with Crippen molar-refractivity contribution in [2.75, 3.05) is 13.1 Å². The summed E-state index contributed by atoms with van der Waals surface area (Å²) in [4.78, 5) is 17.4. The molecule has 0 atom stereocenters. The van der Waals surface area contributed by atoms with Crippen molar-refractivity contribution in [3.8, 4) is 0 Å². The number of hydrogen-bond donors (Lipinski definition) is 1. The number of piperidine rings is 1. The molecule has 5 heteroatoms. The summed E-state index contributed by atoms with van der Waals surface area (Å²) in [5.41, 5.74) is 1.21. The molecule has 100 valence electrons. The van der Waals surface area contributed by atoms with Crippen LogP contribution < -0.4 is 0 Å². The number of aromatic nitrogens is 2. The summed E-state index contributed by atoms with van der Waals surface area (Å²) in [5.74, 6) is -0.807. The van der Waals surface area contributed by atoms with E-state index in [9.17, 15) is 4.79 Å². The molecule has 1 N–H and O–H groups in total. The van der Waals surface area contributed by atoms with Crippen molar-refractivity contribution in [3.05, 3.63) is 18.2 Å². The number of rotatable bonds is 4. The number of nitrogens with zero attached hydrogens (tertiary/aromatic N) is 3. The van der Waals surface area contributed by atoms with Gasteiger partial charge in [-0.1, -0.05) is 0 Å². The van der Waals surface area contributed by atoms with Gasteiger partial charge in [0.2, 0.25) is 0 Å². The highest BCUT2D eigenvalue weighted by Crippen LogP contribution is 2.20. The molecule has 0 unspecified atom stereocenters. The Kier molecular flexibility index (Phi) is 4.01. The van der Waals surface area contributed by atoms with Gasteiger partial charge in [0.1, 0.15) is 0 Å². The van der Waals surface area contributed by atoms with E-state index in [4.69, 9.17) is 5.11 Å². The maximum absolute atomic E-state index is 10.9. The normalized spacial score (nSPS) is 18.4. The zero-order valence-electron chi connectivity index (χ0n) is 11.0. The summed E-state index contributed by atoms with van der Waals surface area (Å²) >= 11 is 0. The summed E-state index contributed by atoms with van der Waals surface area (Å²) in [5, 5.41) is 8.97. The van der Waals surface area contributed by atoms with Gasteiger partial charge in [-0.3, -0.25) is 9.69 Å². The average Bonchev–Trinajstić information content (AvgIpc) is 2.78. The summed E-state index contributed by atoms with van der Waals surface area (Å²) in [6.07, 6.45) is 5.28. The summed E-state index contributed by atoms with van der Waals surface area (Å²) in [7, 11) is 0. The zero-order valence-corrected chi connectivity index (χ0v) is 11.0. The average molecular weight is 251 g/mol. The minimum absolute atomic E-state index is 0.156. The third-order valence-electron chi connectivity index (χ3n) is 3.63. The van der Waals surface area contributed by atoms with Crippen LogP contribution >= 0.6 is 0 Å². The van der Waals surface area contributed by atoms with Gasteiger partial charge in [-0.15, -0.1) is 0 Å². The first-order valence-corrected chi connectivity index (χ1v) is 6.53. The lowest BCUT2D eigenvalue weighted by Crippen LogP contribution is -2.36. The third kappa shape index (κ3) is 2.90. The number of imidazole rings is 1. The first kappa shape index (κ1) is 13.1. The second-order valence-electron chi connectivity index (χ2n) is 5.27. The highest BCUT2D eigenvalue weighted by atomic mass is 16.4. The monoisotopic (exact) mass is 251 g/mol. The van der Waals surface area contributed by atoms with Crippen LogP contribution in [0.2, 0.25) is 0 Å². The first-order valence-electron chi connectivity index (χ1n) is 6.53. The van der Waals surface area contributed by atoms with Crippen molar-refractivity contribution in [1.29, 1.82) is 0 Å². The van der Waals surface area contributed by atoms with Gasteiger partial charge in [0.05, 0.1) is 17.9 Å². The summed E-state index contributed by atoms with van der Waals surface area (Å²) < 4.78 is 2.17. The minimum Gasteiger partial charge on any atom is -0.481 e. The van der Waals surface area contributed by atoms with Crippen molar-refractivity contribution in [1.82, 2.24) is 14.5 Å². The number of carbonyl (C=O) groups is 1. The van der Waals surface area contributed by atoms with Crippen molar-refractivity contribution < 1.29 is 9.90 Å². The lowest BCUT2D eigenvalue weighted by molar-refractivity contribution is -0.143. The Balaban J connectivity index is 1.91. The van der Waals surface area contributed by atoms with Crippen molar-refractivity contribution in [2.24, 2.45) is 5.92 Å². The molecule has 5 nitrogen and oxygen atoms in total. The van der Waals surface area contributed by atoms with Gasteiger partial charge in [0.15, 0.2) is 0 Å². The van der Waals surface area contributed by atoms with Crippen LogP contribution in [0.4, 0.5) is 0 Å². The molecule has 1 aromatic heterocycles. The molecule has 1 saturated heterocycles. The molecule has 0 saturated carbocycles. The van der Waals surface area contributed by atoms with Gasteiger partial charge in [0, 0.05) is 18.8 Å². The van der Waals surface area contributed by atoms with E-state index in [1.54, 1.807) is 0 Å². The fourth-order valence-corrected chi connectivity index (χ4v) is 2.49. The Morgan fingerprint density at radius 1 is 1.50 bits per heavy atom. The fraction of sp³-hybridized carbons (Fsp3) is 0.692. The van der Waals surface area contributed by atoms with Gasteiger partial charge < -0.3 is 9.67 Å². The van der Waals surface area contributed by atoms with E-state index in [0.29, 0.717) is 6.04 Å². The Morgan fingerprint density at radius 3 is 2.72 bits per heavy atom. The van der Waals surface area contributed by atoms with Crippen LogP contribution in [0, 0.1) is 5.92 Å². The Hall–Kier alpha value is -1.36. The predicted octanol–water partition coefficient (Wildman–Crippen LogP) is 1.76. The largest absolute Gasteiger partial charge is 0.481 e. The lowest BCUT2D eigenvalue weighted by atomic mass is 9.97. The molecule has 18 heavy (non-hydrogen) atoms. The summed E-state index contributed by atoms with van der Waals surface area (Å²) in [6, 6.07) is 0.416. The highest BCUT2D eigenvalue weighted by molar-refractivity contribution is 5.70. The van der Waals surface area contributed by atoms with Crippen LogP contribution in [0.1, 0.15) is 38.4 Å². The van der Waals surface area contributed by atoms with Gasteiger partial charge in [-0.25, -0.2) is 4.98 Å². The third-order valence-corrected chi connectivity index (χ3v) is 3.63. The fourth-order valence-electron chi connectivity index (χ4n) is 2.49. The standard InChI is InChI=1S/C13H21N3O2/c1-10(2)16-9-14-7-12(16)8-15-5-3-11(4-6-15)13(17)18/h7,9-11H,3-6,8H2,1-2H3,(H,17,18). The Labute approximate surface area is 107 Å². The number of carboxylic acids is 1. The number of likely N-dealkylation sites (tertiary alicyclic amines) is 1. The highest BCUT2D eigenvalue weighted by Gasteiger charge is 2.24. The van der Waals surface area contributed by atoms with Gasteiger partial charge >= 0.3 is 5.97 Å². The molecule has 0 amide bonds. The number of carboxylic acid groups (broad SMARTS) is 1. The molecule has 0 radical (unpaired) electrons. The zero-order chi connectivity index (χ0) is 13.1. The summed E-state index contributed by atoms with van der Waals surface area (Å²) in [6.45, 7) is 6.87. The number of aliphatic carboxylic acids is 1. The molecule has 1 aromatic rings. The number of hydrogen-bond acceptors (Lipinski definition) is 3. The van der Waals surface area contributed by atoms with Crippen LogP contribution in [-0.2, 0) is 11.3 Å². The van der Waals surface area contributed by atoms with Crippen molar-refractivity contribution in [3.63, 3.8) is 0 Å². The maximum atomic E-state index is 10.9. The molecule has 2 heterocycles. The quantitative estimate of drug-likeness (QED) is 0.886. The molecule has 1 fully saturated rings. The first-order chi connectivity index (χ1) is 8.58. The predicted molar refractivity (Wildman–Crippen MR) is 68.2 cm³/mol. The van der Waals surface area contributed by atoms with E-state index in [1.807, 2.05) is 12.5 Å². The lowest BCUT2D eigenvalue weighted by Gasteiger charge is -2.30. The second-order valence-corrected chi connectivity index (χ2v) is 5.27. The van der Waals surface area contributed by atoms with Crippen LogP contribution in [0.25, 0.3) is 0 Å². The molecule has 1 aliphatic rings. The molecule has 0 aliphatic carbocycles. The molecule has 1 aliphatic heterocycles. The van der Waals surface area contributed by atoms with Gasteiger partial charge in [0.25, 0.3) is 0 Å².